The number of hydrogen-bond donors (Lipinski definition) is 2. The summed E-state index contributed by atoms with van der Waals surface area (Å²) < 4.78 is 10.6. The van der Waals surface area contributed by atoms with Gasteiger partial charge in [-0.05, 0) is 55.0 Å². The number of carbonyl (C=O) groups excluding carboxylic acids is 3. The van der Waals surface area contributed by atoms with E-state index in [1.807, 2.05) is 12.1 Å². The molecule has 2 N–H and O–H groups in total. The Balaban J connectivity index is 1.50. The Hall–Kier alpha value is -3.84. The molecule has 0 aromatic heterocycles. The van der Waals surface area contributed by atoms with Crippen molar-refractivity contribution >= 4 is 40.8 Å². The minimum Gasteiger partial charge on any atom is -0.492 e. The molecule has 0 unspecified atom stereocenters. The second-order valence-electron chi connectivity index (χ2n) is 7.09. The fourth-order valence-electron chi connectivity index (χ4n) is 2.94. The molecule has 0 fully saturated rings. The van der Waals surface area contributed by atoms with Crippen molar-refractivity contribution in [3.8, 4) is 11.5 Å². The Bertz CT molecular complexity index is 1150. The topological polar surface area (TPSA) is 93.7 Å². The van der Waals surface area contributed by atoms with Gasteiger partial charge < -0.3 is 20.1 Å². The van der Waals surface area contributed by atoms with E-state index in [-0.39, 0.29) is 24.0 Å². The summed E-state index contributed by atoms with van der Waals surface area (Å²) >= 11 is 6.04. The van der Waals surface area contributed by atoms with Crippen LogP contribution >= 0.6 is 11.6 Å². The third kappa shape index (κ3) is 7.66. The van der Waals surface area contributed by atoms with Gasteiger partial charge in [0.15, 0.2) is 0 Å². The van der Waals surface area contributed by atoms with Crippen LogP contribution in [0.2, 0.25) is 5.02 Å². The first-order chi connectivity index (χ1) is 15.9. The third-order valence-corrected chi connectivity index (χ3v) is 4.72. The van der Waals surface area contributed by atoms with Gasteiger partial charge in [0.2, 0.25) is 5.91 Å². The number of nitrogens with one attached hydrogen (secondary N) is 2. The van der Waals surface area contributed by atoms with Gasteiger partial charge in [-0.25, -0.2) is 0 Å². The van der Waals surface area contributed by atoms with Gasteiger partial charge in [0.25, 0.3) is 5.91 Å². The maximum atomic E-state index is 12.5. The lowest BCUT2D eigenvalue weighted by atomic mass is 10.2. The zero-order chi connectivity index (χ0) is 23.6. The SMILES string of the molecule is CC(=O)Oc1cccc(C(=O)Nc2cccc(NC(=O)CCCOc3ccccc3Cl)c2)c1. The zero-order valence-corrected chi connectivity index (χ0v) is 18.7. The molecule has 0 aliphatic carbocycles. The number of benzene rings is 3. The van der Waals surface area contributed by atoms with Gasteiger partial charge in [0.05, 0.1) is 11.6 Å². The number of halogens is 1. The fraction of sp³-hybridized carbons (Fsp3) is 0.160. The molecule has 3 rings (SSSR count). The normalized spacial score (nSPS) is 10.2. The van der Waals surface area contributed by atoms with Gasteiger partial charge in [0, 0.05) is 30.3 Å². The van der Waals surface area contributed by atoms with Gasteiger partial charge in [0.1, 0.15) is 11.5 Å². The monoisotopic (exact) mass is 466 g/mol. The Morgan fingerprint density at radius 3 is 2.36 bits per heavy atom. The number of anilines is 2. The van der Waals surface area contributed by atoms with E-state index >= 15 is 0 Å². The molecule has 0 atom stereocenters. The first-order valence-electron chi connectivity index (χ1n) is 10.3. The van der Waals surface area contributed by atoms with Crippen LogP contribution in [0.25, 0.3) is 0 Å². The molecular weight excluding hydrogens is 444 g/mol. The summed E-state index contributed by atoms with van der Waals surface area (Å²) in [5.41, 5.74) is 1.40. The van der Waals surface area contributed by atoms with Crippen molar-refractivity contribution in [1.82, 2.24) is 0 Å². The van der Waals surface area contributed by atoms with Crippen LogP contribution in [0, 0.1) is 0 Å². The van der Waals surface area contributed by atoms with Crippen LogP contribution in [0.4, 0.5) is 11.4 Å². The number of carbonyl (C=O) groups is 3. The van der Waals surface area contributed by atoms with Gasteiger partial charge >= 0.3 is 5.97 Å². The molecule has 0 radical (unpaired) electrons. The van der Waals surface area contributed by atoms with Crippen molar-refractivity contribution in [2.45, 2.75) is 19.8 Å². The van der Waals surface area contributed by atoms with Crippen LogP contribution < -0.4 is 20.1 Å². The van der Waals surface area contributed by atoms with E-state index in [9.17, 15) is 14.4 Å². The lowest BCUT2D eigenvalue weighted by molar-refractivity contribution is -0.131. The summed E-state index contributed by atoms with van der Waals surface area (Å²) in [6.45, 7) is 1.65. The van der Waals surface area contributed by atoms with E-state index in [1.54, 1.807) is 54.6 Å². The number of esters is 1. The van der Waals surface area contributed by atoms with Crippen LogP contribution in [0.1, 0.15) is 30.1 Å². The smallest absolute Gasteiger partial charge is 0.308 e. The van der Waals surface area contributed by atoms with Crippen molar-refractivity contribution in [3.05, 3.63) is 83.4 Å². The summed E-state index contributed by atoms with van der Waals surface area (Å²) in [5.74, 6) is -0.137. The lowest BCUT2D eigenvalue weighted by Gasteiger charge is -2.10. The maximum absolute atomic E-state index is 12.5. The number of hydrogen-bond acceptors (Lipinski definition) is 5. The van der Waals surface area contributed by atoms with E-state index in [0.29, 0.717) is 40.7 Å². The standard InChI is InChI=1S/C25H23ClN2O5/c1-17(29)33-21-10-4-7-18(15-21)25(31)28-20-9-5-8-19(16-20)27-24(30)13-6-14-32-23-12-3-2-11-22(23)26/h2-5,7-12,15-16H,6,13-14H2,1H3,(H,27,30)(H,28,31). The number of ether oxygens (including phenoxy) is 2. The predicted octanol–water partition coefficient (Wildman–Crippen LogP) is 5.32. The molecule has 3 aromatic carbocycles. The Kier molecular flexibility index (Phi) is 8.43. The van der Waals surface area contributed by atoms with Gasteiger partial charge in [-0.15, -0.1) is 0 Å². The quantitative estimate of drug-likeness (QED) is 0.253. The molecule has 3 aromatic rings. The van der Waals surface area contributed by atoms with Crippen LogP contribution in [0.3, 0.4) is 0 Å². The van der Waals surface area contributed by atoms with Gasteiger partial charge in [-0.2, -0.15) is 0 Å². The van der Waals surface area contributed by atoms with E-state index in [2.05, 4.69) is 10.6 Å². The average Bonchev–Trinajstić information content (AvgIpc) is 2.78. The molecule has 0 heterocycles. The third-order valence-electron chi connectivity index (χ3n) is 4.40. The zero-order valence-electron chi connectivity index (χ0n) is 18.0. The highest BCUT2D eigenvalue weighted by Crippen LogP contribution is 2.23. The Labute approximate surface area is 196 Å². The summed E-state index contributed by atoms with van der Waals surface area (Å²) in [4.78, 5) is 35.9. The molecule has 2 amide bonds. The maximum Gasteiger partial charge on any atom is 0.308 e. The first kappa shape index (κ1) is 23.8. The molecule has 0 saturated carbocycles. The Morgan fingerprint density at radius 2 is 1.61 bits per heavy atom. The summed E-state index contributed by atoms with van der Waals surface area (Å²) in [6, 6.07) is 20.3. The van der Waals surface area contributed by atoms with Crippen molar-refractivity contribution in [1.29, 1.82) is 0 Å². The number of amides is 2. The highest BCUT2D eigenvalue weighted by Gasteiger charge is 2.10. The van der Waals surface area contributed by atoms with E-state index < -0.39 is 5.97 Å². The minimum absolute atomic E-state index is 0.171. The molecule has 33 heavy (non-hydrogen) atoms. The lowest BCUT2D eigenvalue weighted by Crippen LogP contribution is -2.14. The van der Waals surface area contributed by atoms with E-state index in [1.165, 1.54) is 13.0 Å². The number of para-hydroxylation sites is 1. The molecule has 0 bridgehead atoms. The molecule has 0 aliphatic heterocycles. The molecular formula is C25H23ClN2O5. The molecule has 7 nitrogen and oxygen atoms in total. The van der Waals surface area contributed by atoms with Crippen molar-refractivity contribution in [2.75, 3.05) is 17.2 Å². The largest absolute Gasteiger partial charge is 0.492 e. The molecule has 8 heteroatoms. The predicted molar refractivity (Wildman–Crippen MR) is 127 cm³/mol. The van der Waals surface area contributed by atoms with Crippen LogP contribution in [0.5, 0.6) is 11.5 Å². The van der Waals surface area contributed by atoms with E-state index in [4.69, 9.17) is 21.1 Å². The van der Waals surface area contributed by atoms with Crippen molar-refractivity contribution in [3.63, 3.8) is 0 Å². The van der Waals surface area contributed by atoms with Crippen LogP contribution in [-0.2, 0) is 9.59 Å². The first-order valence-corrected chi connectivity index (χ1v) is 10.7. The summed E-state index contributed by atoms with van der Waals surface area (Å²) in [6.07, 6.45) is 0.788. The average molecular weight is 467 g/mol. The molecule has 0 saturated heterocycles. The van der Waals surface area contributed by atoms with Gasteiger partial charge in [-0.1, -0.05) is 35.9 Å². The van der Waals surface area contributed by atoms with Crippen molar-refractivity contribution < 1.29 is 23.9 Å². The highest BCUT2D eigenvalue weighted by atomic mass is 35.5. The van der Waals surface area contributed by atoms with E-state index in [0.717, 1.165) is 0 Å². The second-order valence-corrected chi connectivity index (χ2v) is 7.49. The fourth-order valence-corrected chi connectivity index (χ4v) is 3.14. The second kappa shape index (κ2) is 11.7. The summed E-state index contributed by atoms with van der Waals surface area (Å²) in [7, 11) is 0. The molecule has 0 spiro atoms. The van der Waals surface area contributed by atoms with Crippen LogP contribution in [-0.4, -0.2) is 24.4 Å². The number of rotatable bonds is 9. The molecule has 170 valence electrons. The van der Waals surface area contributed by atoms with Crippen molar-refractivity contribution in [2.24, 2.45) is 0 Å². The minimum atomic E-state index is -0.466. The van der Waals surface area contributed by atoms with Crippen LogP contribution in [0.15, 0.2) is 72.8 Å². The highest BCUT2D eigenvalue weighted by molar-refractivity contribution is 6.32. The molecule has 0 aliphatic rings. The van der Waals surface area contributed by atoms with Gasteiger partial charge in [-0.3, -0.25) is 14.4 Å². The Morgan fingerprint density at radius 1 is 0.879 bits per heavy atom. The summed E-state index contributed by atoms with van der Waals surface area (Å²) in [5, 5.41) is 6.10.